The van der Waals surface area contributed by atoms with Crippen molar-refractivity contribution in [3.63, 3.8) is 0 Å². The van der Waals surface area contributed by atoms with Crippen LogP contribution in [0.2, 0.25) is 0 Å². The van der Waals surface area contributed by atoms with Crippen molar-refractivity contribution in [3.05, 3.63) is 34.6 Å². The van der Waals surface area contributed by atoms with Crippen LogP contribution in [0.1, 0.15) is 18.1 Å². The fraction of sp³-hybridized carbons (Fsp3) is 0.250. The summed E-state index contributed by atoms with van der Waals surface area (Å²) in [5.41, 5.74) is -1.66. The van der Waals surface area contributed by atoms with E-state index in [1.54, 1.807) is 0 Å². The first-order chi connectivity index (χ1) is 6.37. The van der Waals surface area contributed by atoms with Crippen LogP contribution in [0.5, 0.6) is 0 Å². The normalized spacial score (nSPS) is 13.1. The highest BCUT2D eigenvalue weighted by molar-refractivity contribution is 7.17. The molecule has 1 rings (SSSR count). The zero-order valence-electron chi connectivity index (χ0n) is 7.04. The molecule has 78 valence electrons. The van der Waals surface area contributed by atoms with E-state index in [2.05, 4.69) is 0 Å². The molecule has 0 aliphatic heterocycles. The van der Waals surface area contributed by atoms with Crippen LogP contribution in [0.3, 0.4) is 0 Å². The van der Waals surface area contributed by atoms with Crippen LogP contribution in [-0.2, 0) is 0 Å². The van der Waals surface area contributed by atoms with E-state index < -0.39 is 40.3 Å². The third kappa shape index (κ3) is 1.61. The van der Waals surface area contributed by atoms with Crippen molar-refractivity contribution in [2.45, 2.75) is 12.6 Å². The van der Waals surface area contributed by atoms with E-state index in [0.29, 0.717) is 0 Å². The summed E-state index contributed by atoms with van der Waals surface area (Å²) in [6, 6.07) is 0. The van der Waals surface area contributed by atoms with Crippen LogP contribution >= 0.6 is 9.24 Å². The number of hydrogen-bond donors (Lipinski definition) is 0. The molecule has 0 saturated carbocycles. The summed E-state index contributed by atoms with van der Waals surface area (Å²) in [7, 11) is 1.97. The molecule has 0 fully saturated rings. The molecule has 0 amide bonds. The second-order valence-electron chi connectivity index (χ2n) is 2.77. The lowest BCUT2D eigenvalue weighted by molar-refractivity contribution is 0.370. The lowest BCUT2D eigenvalue weighted by atomic mass is 10.1. The zero-order valence-corrected chi connectivity index (χ0v) is 8.20. The number of hydrogen-bond acceptors (Lipinski definition) is 0. The van der Waals surface area contributed by atoms with Gasteiger partial charge in [0.25, 0.3) is 0 Å². The molecule has 0 heterocycles. The molecular weight excluding hydrogens is 222 g/mol. The summed E-state index contributed by atoms with van der Waals surface area (Å²) in [5, 5.41) is 0. The summed E-state index contributed by atoms with van der Waals surface area (Å²) >= 11 is 0. The Balaban J connectivity index is 3.60. The summed E-state index contributed by atoms with van der Waals surface area (Å²) in [5.74, 6) is -9.50. The Morgan fingerprint density at radius 2 is 1.07 bits per heavy atom. The van der Waals surface area contributed by atoms with E-state index in [9.17, 15) is 22.0 Å². The second-order valence-corrected chi connectivity index (χ2v) is 3.77. The maximum absolute atomic E-state index is 12.9. The van der Waals surface area contributed by atoms with Crippen LogP contribution < -0.4 is 0 Å². The molecule has 0 aliphatic rings. The number of halogens is 5. The van der Waals surface area contributed by atoms with Crippen molar-refractivity contribution in [3.8, 4) is 0 Å². The van der Waals surface area contributed by atoms with Crippen LogP contribution in [0.25, 0.3) is 0 Å². The maximum atomic E-state index is 12.9. The van der Waals surface area contributed by atoms with Crippen LogP contribution in [0.4, 0.5) is 22.0 Å². The average Bonchev–Trinajstić information content (AvgIpc) is 2.11. The first-order valence-corrected chi connectivity index (χ1v) is 4.31. The number of rotatable bonds is 1. The van der Waals surface area contributed by atoms with Gasteiger partial charge in [0, 0.05) is 11.2 Å². The van der Waals surface area contributed by atoms with Gasteiger partial charge < -0.3 is 0 Å². The predicted octanol–water partition coefficient (Wildman–Crippen LogP) is 3.32. The molecule has 6 heteroatoms. The standard InChI is InChI=1S/C8H6F5P/c1-2(14)3-4(9)6(11)8(13)7(12)5(3)10/h2H,14H2,1H3. The Kier molecular flexibility index (Phi) is 3.10. The molecule has 0 spiro atoms. The quantitative estimate of drug-likeness (QED) is 0.299. The molecule has 0 N–H and O–H groups in total. The van der Waals surface area contributed by atoms with Crippen molar-refractivity contribution in [2.24, 2.45) is 0 Å². The molecule has 0 nitrogen and oxygen atoms in total. The largest absolute Gasteiger partial charge is 0.203 e. The Labute approximate surface area is 79.3 Å². The van der Waals surface area contributed by atoms with Gasteiger partial charge in [-0.25, -0.2) is 22.0 Å². The highest BCUT2D eigenvalue weighted by atomic mass is 31.0. The predicted molar refractivity (Wildman–Crippen MR) is 44.4 cm³/mol. The van der Waals surface area contributed by atoms with Crippen molar-refractivity contribution in [1.29, 1.82) is 0 Å². The molecule has 0 radical (unpaired) electrons. The van der Waals surface area contributed by atoms with Gasteiger partial charge in [-0.1, -0.05) is 6.92 Å². The van der Waals surface area contributed by atoms with Gasteiger partial charge in [-0.15, -0.1) is 9.24 Å². The minimum Gasteiger partial charge on any atom is -0.203 e. The summed E-state index contributed by atoms with van der Waals surface area (Å²) < 4.78 is 63.6. The lowest BCUT2D eigenvalue weighted by Crippen LogP contribution is -2.07. The van der Waals surface area contributed by atoms with Gasteiger partial charge in [0.2, 0.25) is 5.82 Å². The SMILES string of the molecule is CC(P)c1c(F)c(F)c(F)c(F)c1F. The highest BCUT2D eigenvalue weighted by Crippen LogP contribution is 2.31. The topological polar surface area (TPSA) is 0 Å². The van der Waals surface area contributed by atoms with Crippen molar-refractivity contribution in [2.75, 3.05) is 0 Å². The van der Waals surface area contributed by atoms with E-state index >= 15 is 0 Å². The lowest BCUT2D eigenvalue weighted by Gasteiger charge is -2.10. The van der Waals surface area contributed by atoms with Gasteiger partial charge in [-0.05, 0) is 0 Å². The molecule has 1 aromatic rings. The van der Waals surface area contributed by atoms with Crippen LogP contribution in [0, 0.1) is 29.1 Å². The monoisotopic (exact) mass is 228 g/mol. The zero-order chi connectivity index (χ0) is 11.0. The van der Waals surface area contributed by atoms with E-state index in [1.807, 2.05) is 9.24 Å². The summed E-state index contributed by atoms with van der Waals surface area (Å²) in [4.78, 5) is 0. The van der Waals surface area contributed by atoms with E-state index in [-0.39, 0.29) is 0 Å². The van der Waals surface area contributed by atoms with Crippen molar-refractivity contribution in [1.82, 2.24) is 0 Å². The van der Waals surface area contributed by atoms with Crippen LogP contribution in [-0.4, -0.2) is 0 Å². The van der Waals surface area contributed by atoms with Crippen molar-refractivity contribution >= 4 is 9.24 Å². The third-order valence-corrected chi connectivity index (χ3v) is 2.03. The maximum Gasteiger partial charge on any atom is 0.200 e. The van der Waals surface area contributed by atoms with E-state index in [1.165, 1.54) is 6.92 Å². The van der Waals surface area contributed by atoms with Gasteiger partial charge in [0.1, 0.15) is 0 Å². The highest BCUT2D eigenvalue weighted by Gasteiger charge is 2.26. The summed E-state index contributed by atoms with van der Waals surface area (Å²) in [6.07, 6.45) is 0. The Morgan fingerprint density at radius 1 is 0.786 bits per heavy atom. The Bertz CT molecular complexity index is 345. The van der Waals surface area contributed by atoms with Gasteiger partial charge >= 0.3 is 0 Å². The van der Waals surface area contributed by atoms with E-state index in [0.717, 1.165) is 0 Å². The molecule has 0 aliphatic carbocycles. The minimum atomic E-state index is -2.13. The summed E-state index contributed by atoms with van der Waals surface area (Å²) in [6.45, 7) is 1.31. The number of benzene rings is 1. The average molecular weight is 228 g/mol. The molecule has 14 heavy (non-hydrogen) atoms. The van der Waals surface area contributed by atoms with E-state index in [4.69, 9.17) is 0 Å². The molecular formula is C8H6F5P. The van der Waals surface area contributed by atoms with Gasteiger partial charge in [-0.3, -0.25) is 0 Å². The first kappa shape index (κ1) is 11.4. The van der Waals surface area contributed by atoms with Crippen LogP contribution in [0.15, 0.2) is 0 Å². The third-order valence-electron chi connectivity index (χ3n) is 1.70. The Hall–Kier alpha value is -0.700. The molecule has 1 aromatic carbocycles. The minimum absolute atomic E-state index is 0.814. The van der Waals surface area contributed by atoms with Gasteiger partial charge in [0.15, 0.2) is 23.3 Å². The molecule has 2 atom stereocenters. The van der Waals surface area contributed by atoms with Gasteiger partial charge in [0.05, 0.1) is 0 Å². The molecule has 0 aromatic heterocycles. The smallest absolute Gasteiger partial charge is 0.200 e. The first-order valence-electron chi connectivity index (χ1n) is 3.64. The fourth-order valence-electron chi connectivity index (χ4n) is 1.02. The molecule has 0 saturated heterocycles. The fourth-order valence-corrected chi connectivity index (χ4v) is 1.31. The second kappa shape index (κ2) is 3.81. The van der Waals surface area contributed by atoms with Crippen molar-refractivity contribution < 1.29 is 22.0 Å². The molecule has 2 unspecified atom stereocenters. The molecule has 0 bridgehead atoms. The van der Waals surface area contributed by atoms with Gasteiger partial charge in [-0.2, -0.15) is 0 Å². The Morgan fingerprint density at radius 3 is 1.36 bits per heavy atom.